The van der Waals surface area contributed by atoms with Crippen molar-refractivity contribution in [1.29, 1.82) is 0 Å². The number of amides is 1. The maximum absolute atomic E-state index is 13.7. The number of thioether (sulfide) groups is 1. The second-order valence-electron chi connectivity index (χ2n) is 7.23. The highest BCUT2D eigenvalue weighted by Gasteiger charge is 2.14. The van der Waals surface area contributed by atoms with Gasteiger partial charge in [0.2, 0.25) is 5.91 Å². The molecule has 0 spiro atoms. The maximum atomic E-state index is 13.7. The SMILES string of the molecule is Cc1ccc(NC(=O)CSc2nc3ccccc3c(=O)n2Cc2ccc(F)cc2)cc1F. The molecule has 4 rings (SSSR count). The van der Waals surface area contributed by atoms with E-state index in [4.69, 9.17) is 0 Å². The second kappa shape index (κ2) is 9.32. The summed E-state index contributed by atoms with van der Waals surface area (Å²) >= 11 is 1.11. The van der Waals surface area contributed by atoms with E-state index in [-0.39, 0.29) is 29.6 Å². The van der Waals surface area contributed by atoms with E-state index in [1.165, 1.54) is 22.8 Å². The molecule has 0 saturated carbocycles. The van der Waals surface area contributed by atoms with E-state index in [0.29, 0.717) is 27.3 Å². The molecule has 0 radical (unpaired) electrons. The van der Waals surface area contributed by atoms with Gasteiger partial charge in [0.1, 0.15) is 11.6 Å². The van der Waals surface area contributed by atoms with E-state index in [9.17, 15) is 18.4 Å². The number of anilines is 1. The number of aryl methyl sites for hydroxylation is 1. The molecule has 162 valence electrons. The van der Waals surface area contributed by atoms with Crippen molar-refractivity contribution in [3.8, 4) is 0 Å². The standard InChI is InChI=1S/C24H19F2N3O2S/c1-15-6-11-18(12-20(15)26)27-22(30)14-32-24-28-21-5-3-2-4-19(21)23(31)29(24)13-16-7-9-17(25)10-8-16/h2-12H,13-14H2,1H3,(H,27,30). The molecule has 8 heteroatoms. The molecule has 0 saturated heterocycles. The van der Waals surface area contributed by atoms with E-state index in [1.807, 2.05) is 0 Å². The van der Waals surface area contributed by atoms with Gasteiger partial charge in [-0.3, -0.25) is 14.2 Å². The number of carbonyl (C=O) groups excluding carboxylic acids is 1. The topological polar surface area (TPSA) is 64.0 Å². The van der Waals surface area contributed by atoms with Crippen LogP contribution in [0.5, 0.6) is 0 Å². The van der Waals surface area contributed by atoms with Crippen LogP contribution in [0.25, 0.3) is 10.9 Å². The Bertz CT molecular complexity index is 1350. The predicted molar refractivity (Wildman–Crippen MR) is 122 cm³/mol. The number of aromatic nitrogens is 2. The van der Waals surface area contributed by atoms with Crippen LogP contribution in [-0.2, 0) is 11.3 Å². The first-order valence-electron chi connectivity index (χ1n) is 9.83. The zero-order valence-electron chi connectivity index (χ0n) is 17.1. The summed E-state index contributed by atoms with van der Waals surface area (Å²) in [7, 11) is 0. The first kappa shape index (κ1) is 21.7. The van der Waals surface area contributed by atoms with Gasteiger partial charge >= 0.3 is 0 Å². The summed E-state index contributed by atoms with van der Waals surface area (Å²) in [5.41, 5.74) is 1.85. The van der Waals surface area contributed by atoms with Crippen LogP contribution in [0.15, 0.2) is 76.7 Å². The zero-order chi connectivity index (χ0) is 22.7. The number of nitrogens with zero attached hydrogens (tertiary/aromatic N) is 2. The molecule has 1 amide bonds. The van der Waals surface area contributed by atoms with Crippen LogP contribution in [0.4, 0.5) is 14.5 Å². The molecule has 1 heterocycles. The first-order chi connectivity index (χ1) is 15.4. The summed E-state index contributed by atoms with van der Waals surface area (Å²) in [5, 5.41) is 3.47. The Kier molecular flexibility index (Phi) is 6.32. The molecule has 0 aliphatic heterocycles. The molecular formula is C24H19F2N3O2S. The van der Waals surface area contributed by atoms with Crippen LogP contribution in [0.2, 0.25) is 0 Å². The van der Waals surface area contributed by atoms with Crippen LogP contribution in [-0.4, -0.2) is 21.2 Å². The average molecular weight is 451 g/mol. The summed E-state index contributed by atoms with van der Waals surface area (Å²) in [6.45, 7) is 1.83. The lowest BCUT2D eigenvalue weighted by atomic mass is 10.2. The average Bonchev–Trinajstić information content (AvgIpc) is 2.78. The monoisotopic (exact) mass is 451 g/mol. The minimum Gasteiger partial charge on any atom is -0.325 e. The van der Waals surface area contributed by atoms with Gasteiger partial charge in [0.05, 0.1) is 23.2 Å². The fourth-order valence-electron chi connectivity index (χ4n) is 3.17. The second-order valence-corrected chi connectivity index (χ2v) is 8.17. The van der Waals surface area contributed by atoms with E-state index in [1.54, 1.807) is 55.5 Å². The van der Waals surface area contributed by atoms with E-state index < -0.39 is 5.82 Å². The summed E-state index contributed by atoms with van der Waals surface area (Å²) in [5.74, 6) is -1.14. The quantitative estimate of drug-likeness (QED) is 0.339. The van der Waals surface area contributed by atoms with Gasteiger partial charge in [0.15, 0.2) is 5.16 Å². The number of rotatable bonds is 6. The zero-order valence-corrected chi connectivity index (χ0v) is 18.0. The number of nitrogens with one attached hydrogen (secondary N) is 1. The molecule has 0 atom stereocenters. The number of hydrogen-bond donors (Lipinski definition) is 1. The highest BCUT2D eigenvalue weighted by Crippen LogP contribution is 2.20. The Morgan fingerprint density at radius 1 is 1.06 bits per heavy atom. The summed E-state index contributed by atoms with van der Waals surface area (Å²) in [6, 6.07) is 17.3. The Hall–Kier alpha value is -3.52. The largest absolute Gasteiger partial charge is 0.325 e. The van der Waals surface area contributed by atoms with Crippen molar-refractivity contribution in [3.63, 3.8) is 0 Å². The Labute approximate surface area is 187 Å². The minimum absolute atomic E-state index is 0.0241. The normalized spacial score (nSPS) is 11.0. The number of halogens is 2. The van der Waals surface area contributed by atoms with Crippen molar-refractivity contribution in [2.24, 2.45) is 0 Å². The molecule has 32 heavy (non-hydrogen) atoms. The molecule has 4 aromatic rings. The van der Waals surface area contributed by atoms with Gasteiger partial charge in [-0.25, -0.2) is 13.8 Å². The minimum atomic E-state index is -0.403. The van der Waals surface area contributed by atoms with Crippen molar-refractivity contribution in [1.82, 2.24) is 9.55 Å². The molecule has 3 aromatic carbocycles. The molecule has 1 aromatic heterocycles. The van der Waals surface area contributed by atoms with E-state index in [2.05, 4.69) is 10.3 Å². The van der Waals surface area contributed by atoms with Gasteiger partial charge in [-0.2, -0.15) is 0 Å². The molecular weight excluding hydrogens is 432 g/mol. The van der Waals surface area contributed by atoms with Crippen molar-refractivity contribution in [2.75, 3.05) is 11.1 Å². The van der Waals surface area contributed by atoms with Crippen LogP contribution >= 0.6 is 11.8 Å². The molecule has 0 aliphatic rings. The Balaban J connectivity index is 1.60. The first-order valence-corrected chi connectivity index (χ1v) is 10.8. The smallest absolute Gasteiger partial charge is 0.262 e. The third-order valence-electron chi connectivity index (χ3n) is 4.87. The van der Waals surface area contributed by atoms with Crippen LogP contribution in [0.3, 0.4) is 0 Å². The summed E-state index contributed by atoms with van der Waals surface area (Å²) in [6.07, 6.45) is 0. The van der Waals surface area contributed by atoms with Crippen molar-refractivity contribution < 1.29 is 13.6 Å². The van der Waals surface area contributed by atoms with Crippen LogP contribution < -0.4 is 10.9 Å². The number of carbonyl (C=O) groups is 1. The van der Waals surface area contributed by atoms with Crippen molar-refractivity contribution >= 4 is 34.3 Å². The lowest BCUT2D eigenvalue weighted by molar-refractivity contribution is -0.113. The van der Waals surface area contributed by atoms with Crippen molar-refractivity contribution in [2.45, 2.75) is 18.6 Å². The molecule has 1 N–H and O–H groups in total. The van der Waals surface area contributed by atoms with Crippen LogP contribution in [0.1, 0.15) is 11.1 Å². The fourth-order valence-corrected chi connectivity index (χ4v) is 3.97. The number of fused-ring (bicyclic) bond motifs is 1. The number of hydrogen-bond acceptors (Lipinski definition) is 4. The lowest BCUT2D eigenvalue weighted by Gasteiger charge is -2.13. The van der Waals surface area contributed by atoms with Gasteiger partial charge in [-0.15, -0.1) is 0 Å². The predicted octanol–water partition coefficient (Wildman–Crippen LogP) is 4.76. The Morgan fingerprint density at radius 3 is 2.56 bits per heavy atom. The van der Waals surface area contributed by atoms with Gasteiger partial charge in [0.25, 0.3) is 5.56 Å². The van der Waals surface area contributed by atoms with Gasteiger partial charge in [-0.05, 0) is 54.4 Å². The van der Waals surface area contributed by atoms with Crippen molar-refractivity contribution in [3.05, 3.63) is 99.8 Å². The lowest BCUT2D eigenvalue weighted by Crippen LogP contribution is -2.25. The van der Waals surface area contributed by atoms with E-state index >= 15 is 0 Å². The Morgan fingerprint density at radius 2 is 1.81 bits per heavy atom. The molecule has 0 fully saturated rings. The molecule has 0 aliphatic carbocycles. The maximum Gasteiger partial charge on any atom is 0.262 e. The molecule has 0 bridgehead atoms. The van der Waals surface area contributed by atoms with Gasteiger partial charge in [0, 0.05) is 5.69 Å². The summed E-state index contributed by atoms with van der Waals surface area (Å²) in [4.78, 5) is 30.1. The number of para-hydroxylation sites is 1. The summed E-state index contributed by atoms with van der Waals surface area (Å²) < 4.78 is 28.5. The molecule has 0 unspecified atom stereocenters. The third-order valence-corrected chi connectivity index (χ3v) is 5.84. The third kappa shape index (κ3) is 4.86. The molecule has 5 nitrogen and oxygen atoms in total. The van der Waals surface area contributed by atoms with E-state index in [0.717, 1.165) is 17.3 Å². The number of benzene rings is 3. The fraction of sp³-hybridized carbons (Fsp3) is 0.125. The van der Waals surface area contributed by atoms with Gasteiger partial charge in [-0.1, -0.05) is 42.1 Å². The van der Waals surface area contributed by atoms with Crippen LogP contribution in [0, 0.1) is 18.6 Å². The highest BCUT2D eigenvalue weighted by atomic mass is 32.2. The highest BCUT2D eigenvalue weighted by molar-refractivity contribution is 7.99. The van der Waals surface area contributed by atoms with Gasteiger partial charge < -0.3 is 5.32 Å².